The first-order chi connectivity index (χ1) is 11.2. The molecule has 0 saturated carbocycles. The molecular formula is C19H24N2OS. The van der Waals surface area contributed by atoms with Crippen LogP contribution in [0.4, 0.5) is 0 Å². The van der Waals surface area contributed by atoms with Crippen molar-refractivity contribution in [2.45, 2.75) is 26.3 Å². The van der Waals surface area contributed by atoms with Crippen molar-refractivity contribution in [1.82, 2.24) is 10.2 Å². The Balaban J connectivity index is 1.42. The monoisotopic (exact) mass is 328 g/mol. The normalized spacial score (nSPS) is 16.4. The molecule has 3 nitrogen and oxygen atoms in total. The Morgan fingerprint density at radius 2 is 2.00 bits per heavy atom. The average molecular weight is 328 g/mol. The predicted molar refractivity (Wildman–Crippen MR) is 95.8 cm³/mol. The van der Waals surface area contributed by atoms with Crippen LogP contribution >= 0.6 is 11.3 Å². The lowest BCUT2D eigenvalue weighted by Crippen LogP contribution is -2.38. The number of benzene rings is 1. The van der Waals surface area contributed by atoms with Crippen molar-refractivity contribution >= 4 is 17.2 Å². The summed E-state index contributed by atoms with van der Waals surface area (Å²) in [6.07, 6.45) is 2.33. The van der Waals surface area contributed by atoms with Gasteiger partial charge >= 0.3 is 0 Å². The molecule has 1 fully saturated rings. The summed E-state index contributed by atoms with van der Waals surface area (Å²) in [6.45, 7) is 6.10. The van der Waals surface area contributed by atoms with Gasteiger partial charge in [-0.3, -0.25) is 9.69 Å². The van der Waals surface area contributed by atoms with E-state index in [1.807, 2.05) is 42.5 Å². The molecule has 1 saturated heterocycles. The van der Waals surface area contributed by atoms with Crippen LogP contribution in [0.1, 0.15) is 33.6 Å². The van der Waals surface area contributed by atoms with Gasteiger partial charge < -0.3 is 5.32 Å². The number of aryl methyl sites for hydroxylation is 1. The summed E-state index contributed by atoms with van der Waals surface area (Å²) in [5.74, 6) is 0.659. The highest BCUT2D eigenvalue weighted by molar-refractivity contribution is 7.09. The first kappa shape index (κ1) is 16.2. The van der Waals surface area contributed by atoms with Crippen molar-refractivity contribution in [2.24, 2.45) is 5.92 Å². The van der Waals surface area contributed by atoms with E-state index in [0.29, 0.717) is 5.92 Å². The fraction of sp³-hybridized carbons (Fsp3) is 0.421. The molecule has 1 amide bonds. The van der Waals surface area contributed by atoms with E-state index >= 15 is 0 Å². The molecule has 0 unspecified atom stereocenters. The number of hydrogen-bond acceptors (Lipinski definition) is 3. The highest BCUT2D eigenvalue weighted by atomic mass is 32.1. The van der Waals surface area contributed by atoms with Gasteiger partial charge in [-0.05, 0) is 61.8 Å². The Morgan fingerprint density at radius 3 is 2.70 bits per heavy atom. The summed E-state index contributed by atoms with van der Waals surface area (Å²) in [4.78, 5) is 16.2. The molecule has 0 spiro atoms. The number of nitrogens with one attached hydrogen (secondary N) is 1. The van der Waals surface area contributed by atoms with Crippen molar-refractivity contribution in [3.05, 3.63) is 57.8 Å². The minimum Gasteiger partial charge on any atom is -0.352 e. The number of likely N-dealkylation sites (tertiary alicyclic amines) is 1. The molecule has 0 aliphatic carbocycles. The lowest BCUT2D eigenvalue weighted by Gasteiger charge is -2.31. The molecular weight excluding hydrogens is 304 g/mol. The van der Waals surface area contributed by atoms with Gasteiger partial charge in [0.2, 0.25) is 0 Å². The number of carbonyl (C=O) groups is 1. The van der Waals surface area contributed by atoms with Gasteiger partial charge in [-0.2, -0.15) is 0 Å². The average Bonchev–Trinajstić information content (AvgIpc) is 3.07. The zero-order valence-corrected chi connectivity index (χ0v) is 14.4. The molecule has 2 heterocycles. The molecule has 4 heteroatoms. The molecule has 0 radical (unpaired) electrons. The van der Waals surface area contributed by atoms with Crippen LogP contribution in [-0.2, 0) is 6.54 Å². The van der Waals surface area contributed by atoms with Gasteiger partial charge in [0.1, 0.15) is 0 Å². The molecule has 1 aliphatic heterocycles. The Kier molecular flexibility index (Phi) is 5.47. The maximum absolute atomic E-state index is 12.3. The molecule has 122 valence electrons. The summed E-state index contributed by atoms with van der Waals surface area (Å²) < 4.78 is 0. The summed E-state index contributed by atoms with van der Waals surface area (Å²) in [7, 11) is 0. The number of nitrogens with zero attached hydrogens (tertiary/aromatic N) is 1. The van der Waals surface area contributed by atoms with Crippen LogP contribution in [0.25, 0.3) is 0 Å². The van der Waals surface area contributed by atoms with Crippen LogP contribution in [0.3, 0.4) is 0 Å². The molecule has 2 aromatic rings. The third kappa shape index (κ3) is 4.43. The fourth-order valence-corrected chi connectivity index (χ4v) is 3.88. The minimum atomic E-state index is 0.0594. The second-order valence-corrected chi connectivity index (χ2v) is 7.36. The highest BCUT2D eigenvalue weighted by Gasteiger charge is 2.20. The molecule has 1 aliphatic rings. The molecule has 23 heavy (non-hydrogen) atoms. The van der Waals surface area contributed by atoms with Crippen molar-refractivity contribution in [3.8, 4) is 0 Å². The van der Waals surface area contributed by atoms with E-state index in [-0.39, 0.29) is 5.91 Å². The number of carbonyl (C=O) groups excluding carboxylic acids is 1. The summed E-state index contributed by atoms with van der Waals surface area (Å²) in [6, 6.07) is 12.1. The second-order valence-electron chi connectivity index (χ2n) is 6.32. The Bertz CT molecular complexity index is 631. The quantitative estimate of drug-likeness (QED) is 0.908. The van der Waals surface area contributed by atoms with Crippen LogP contribution in [0.2, 0.25) is 0 Å². The molecule has 3 rings (SSSR count). The van der Waals surface area contributed by atoms with E-state index in [4.69, 9.17) is 0 Å². The summed E-state index contributed by atoms with van der Waals surface area (Å²) in [5, 5.41) is 5.26. The summed E-state index contributed by atoms with van der Waals surface area (Å²) in [5.41, 5.74) is 1.83. The van der Waals surface area contributed by atoms with Gasteiger partial charge in [-0.15, -0.1) is 11.3 Å². The minimum absolute atomic E-state index is 0.0594. The zero-order valence-electron chi connectivity index (χ0n) is 13.6. The first-order valence-electron chi connectivity index (χ1n) is 8.31. The van der Waals surface area contributed by atoms with Crippen LogP contribution in [0.15, 0.2) is 41.8 Å². The van der Waals surface area contributed by atoms with Gasteiger partial charge in [0, 0.05) is 23.5 Å². The topological polar surface area (TPSA) is 32.3 Å². The molecule has 1 aromatic heterocycles. The third-order valence-corrected chi connectivity index (χ3v) is 5.47. The Morgan fingerprint density at radius 1 is 1.22 bits per heavy atom. The van der Waals surface area contributed by atoms with Gasteiger partial charge in [-0.1, -0.05) is 24.3 Å². The predicted octanol–water partition coefficient (Wildman–Crippen LogP) is 3.70. The van der Waals surface area contributed by atoms with E-state index in [2.05, 4.69) is 27.7 Å². The Labute approximate surface area is 142 Å². The SMILES string of the molecule is Cc1ccccc1C(=O)NCC1CCN(Cc2cccs2)CC1. The fourth-order valence-electron chi connectivity index (χ4n) is 3.13. The lowest BCUT2D eigenvalue weighted by molar-refractivity contribution is 0.0934. The van der Waals surface area contributed by atoms with Crippen molar-refractivity contribution in [3.63, 3.8) is 0 Å². The Hall–Kier alpha value is -1.65. The van der Waals surface area contributed by atoms with Crippen molar-refractivity contribution in [1.29, 1.82) is 0 Å². The number of piperidine rings is 1. The largest absolute Gasteiger partial charge is 0.352 e. The number of hydrogen-bond donors (Lipinski definition) is 1. The van der Waals surface area contributed by atoms with Crippen LogP contribution in [0, 0.1) is 12.8 Å². The maximum atomic E-state index is 12.3. The smallest absolute Gasteiger partial charge is 0.251 e. The van der Waals surface area contributed by atoms with E-state index in [1.54, 1.807) is 0 Å². The first-order valence-corrected chi connectivity index (χ1v) is 9.19. The molecule has 0 atom stereocenters. The van der Waals surface area contributed by atoms with Crippen LogP contribution in [0.5, 0.6) is 0 Å². The van der Waals surface area contributed by atoms with E-state index in [0.717, 1.165) is 37.3 Å². The van der Waals surface area contributed by atoms with Crippen molar-refractivity contribution < 1.29 is 4.79 Å². The zero-order chi connectivity index (χ0) is 16.1. The van der Waals surface area contributed by atoms with Gasteiger partial charge in [0.05, 0.1) is 0 Å². The number of amides is 1. The third-order valence-electron chi connectivity index (χ3n) is 4.61. The number of thiophene rings is 1. The molecule has 0 bridgehead atoms. The van der Waals surface area contributed by atoms with Crippen LogP contribution < -0.4 is 5.32 Å². The maximum Gasteiger partial charge on any atom is 0.251 e. The van der Waals surface area contributed by atoms with Crippen molar-refractivity contribution in [2.75, 3.05) is 19.6 Å². The standard InChI is InChI=1S/C19H24N2OS/c1-15-5-2-3-7-18(15)19(22)20-13-16-8-10-21(11-9-16)14-17-6-4-12-23-17/h2-7,12,16H,8-11,13-14H2,1H3,(H,20,22). The summed E-state index contributed by atoms with van der Waals surface area (Å²) >= 11 is 1.83. The van der Waals surface area contributed by atoms with Gasteiger partial charge in [0.25, 0.3) is 5.91 Å². The molecule has 1 N–H and O–H groups in total. The molecule has 1 aromatic carbocycles. The van der Waals surface area contributed by atoms with Crippen LogP contribution in [-0.4, -0.2) is 30.4 Å². The van der Waals surface area contributed by atoms with E-state index in [1.165, 1.54) is 17.7 Å². The van der Waals surface area contributed by atoms with Gasteiger partial charge in [0.15, 0.2) is 0 Å². The van der Waals surface area contributed by atoms with Gasteiger partial charge in [-0.25, -0.2) is 0 Å². The highest BCUT2D eigenvalue weighted by Crippen LogP contribution is 2.20. The van der Waals surface area contributed by atoms with E-state index in [9.17, 15) is 4.79 Å². The van der Waals surface area contributed by atoms with E-state index < -0.39 is 0 Å². The lowest BCUT2D eigenvalue weighted by atomic mass is 9.96. The number of rotatable bonds is 5. The second kappa shape index (κ2) is 7.75.